The molecule has 0 spiro atoms. The molecule has 20 heavy (non-hydrogen) atoms. The number of nitrogens with one attached hydrogen (secondary N) is 2. The molecule has 0 aliphatic rings. The van der Waals surface area contributed by atoms with Crippen LogP contribution in [0, 0.1) is 0 Å². The minimum absolute atomic E-state index is 0.0541. The average molecular weight is 299 g/mol. The monoisotopic (exact) mass is 298 g/mol. The van der Waals surface area contributed by atoms with Crippen LogP contribution < -0.4 is 10.6 Å². The number of rotatable bonds is 8. The second-order valence-electron chi connectivity index (χ2n) is 4.32. The van der Waals surface area contributed by atoms with Gasteiger partial charge in [-0.2, -0.15) is 0 Å². The molecule has 5 nitrogen and oxygen atoms in total. The number of aliphatic hydroxyl groups is 1. The quantitative estimate of drug-likeness (QED) is 0.634. The minimum Gasteiger partial charge on any atom is -0.396 e. The molecule has 1 rings (SSSR count). The van der Waals surface area contributed by atoms with Crippen LogP contribution in [-0.2, 0) is 4.79 Å². The highest BCUT2D eigenvalue weighted by Gasteiger charge is 2.07. The van der Waals surface area contributed by atoms with E-state index in [1.807, 2.05) is 0 Å². The Morgan fingerprint density at radius 2 is 1.75 bits per heavy atom. The highest BCUT2D eigenvalue weighted by atomic mass is 35.5. The lowest BCUT2D eigenvalue weighted by Crippen LogP contribution is -2.37. The molecular formula is C14H19ClN2O3. The van der Waals surface area contributed by atoms with Gasteiger partial charge >= 0.3 is 0 Å². The van der Waals surface area contributed by atoms with Crippen molar-refractivity contribution in [1.29, 1.82) is 0 Å². The molecule has 110 valence electrons. The first-order valence-corrected chi connectivity index (χ1v) is 6.92. The number of hydrogen-bond donors (Lipinski definition) is 3. The number of unbranched alkanes of at least 4 members (excludes halogenated alkanes) is 2. The second kappa shape index (κ2) is 9.34. The number of benzene rings is 1. The molecule has 0 radical (unpaired) electrons. The zero-order valence-corrected chi connectivity index (χ0v) is 11.9. The fraction of sp³-hybridized carbons (Fsp3) is 0.429. The predicted octanol–water partition coefficient (Wildman–Crippen LogP) is 1.35. The molecule has 0 unspecified atom stereocenters. The molecule has 0 saturated heterocycles. The van der Waals surface area contributed by atoms with Crippen molar-refractivity contribution >= 4 is 23.4 Å². The molecule has 3 N–H and O–H groups in total. The number of carbonyl (C=O) groups is 2. The van der Waals surface area contributed by atoms with Gasteiger partial charge in [0.1, 0.15) is 0 Å². The lowest BCUT2D eigenvalue weighted by Gasteiger charge is -2.07. The highest BCUT2D eigenvalue weighted by Crippen LogP contribution is 2.09. The van der Waals surface area contributed by atoms with Crippen LogP contribution in [0.1, 0.15) is 29.6 Å². The maximum absolute atomic E-state index is 11.7. The number of amides is 2. The van der Waals surface area contributed by atoms with Crippen molar-refractivity contribution < 1.29 is 14.7 Å². The summed E-state index contributed by atoms with van der Waals surface area (Å²) in [4.78, 5) is 23.2. The normalized spacial score (nSPS) is 10.1. The number of halogens is 1. The molecule has 0 heterocycles. The maximum atomic E-state index is 11.7. The third-order valence-corrected chi connectivity index (χ3v) is 2.92. The van der Waals surface area contributed by atoms with Gasteiger partial charge in [0.2, 0.25) is 5.91 Å². The third kappa shape index (κ3) is 6.54. The molecule has 0 aliphatic carbocycles. The lowest BCUT2D eigenvalue weighted by molar-refractivity contribution is -0.120. The summed E-state index contributed by atoms with van der Waals surface area (Å²) < 4.78 is 0. The van der Waals surface area contributed by atoms with Crippen molar-refractivity contribution in [2.45, 2.75) is 19.3 Å². The van der Waals surface area contributed by atoms with Crippen LogP contribution in [0.25, 0.3) is 0 Å². The van der Waals surface area contributed by atoms with E-state index in [1.54, 1.807) is 24.3 Å². The van der Waals surface area contributed by atoms with E-state index in [1.165, 1.54) is 0 Å². The van der Waals surface area contributed by atoms with Crippen LogP contribution in [0.3, 0.4) is 0 Å². The van der Waals surface area contributed by atoms with Crippen molar-refractivity contribution in [2.24, 2.45) is 0 Å². The molecule has 0 bridgehead atoms. The molecule has 0 saturated carbocycles. The zero-order chi connectivity index (χ0) is 14.8. The number of carbonyl (C=O) groups excluding carboxylic acids is 2. The van der Waals surface area contributed by atoms with E-state index in [2.05, 4.69) is 10.6 Å². The molecule has 1 aromatic rings. The van der Waals surface area contributed by atoms with Gasteiger partial charge in [0.05, 0.1) is 6.54 Å². The summed E-state index contributed by atoms with van der Waals surface area (Å²) >= 11 is 5.73. The van der Waals surface area contributed by atoms with Gasteiger partial charge in [-0.1, -0.05) is 11.6 Å². The first-order chi connectivity index (χ1) is 9.63. The summed E-state index contributed by atoms with van der Waals surface area (Å²) in [5.74, 6) is -0.534. The van der Waals surface area contributed by atoms with Crippen molar-refractivity contribution in [3.63, 3.8) is 0 Å². The molecular weight excluding hydrogens is 280 g/mol. The number of aliphatic hydroxyl groups excluding tert-OH is 1. The van der Waals surface area contributed by atoms with Crippen molar-refractivity contribution in [1.82, 2.24) is 10.6 Å². The van der Waals surface area contributed by atoms with Crippen LogP contribution in [0.15, 0.2) is 24.3 Å². The van der Waals surface area contributed by atoms with E-state index in [4.69, 9.17) is 16.7 Å². The van der Waals surface area contributed by atoms with Crippen LogP contribution in [0.5, 0.6) is 0 Å². The fourth-order valence-corrected chi connectivity index (χ4v) is 1.69. The SMILES string of the molecule is O=C(CNC(=O)c1ccc(Cl)cc1)NCCCCCO. The van der Waals surface area contributed by atoms with Gasteiger partial charge < -0.3 is 15.7 Å². The summed E-state index contributed by atoms with van der Waals surface area (Å²) in [5, 5.41) is 14.4. The molecule has 1 aromatic carbocycles. The Kier molecular flexibility index (Phi) is 7.69. The summed E-state index contributed by atoms with van der Waals surface area (Å²) in [6, 6.07) is 6.45. The van der Waals surface area contributed by atoms with Crippen LogP contribution in [0.4, 0.5) is 0 Å². The Labute approximate surface area is 123 Å². The molecule has 0 atom stereocenters. The summed E-state index contributed by atoms with van der Waals surface area (Å²) in [7, 11) is 0. The van der Waals surface area contributed by atoms with E-state index in [0.717, 1.165) is 19.3 Å². The van der Waals surface area contributed by atoms with Crippen molar-refractivity contribution in [3.05, 3.63) is 34.9 Å². The summed E-state index contributed by atoms with van der Waals surface area (Å²) in [5.41, 5.74) is 0.463. The summed E-state index contributed by atoms with van der Waals surface area (Å²) in [6.45, 7) is 0.669. The van der Waals surface area contributed by atoms with E-state index in [0.29, 0.717) is 17.1 Å². The van der Waals surface area contributed by atoms with Gasteiger partial charge in [-0.15, -0.1) is 0 Å². The van der Waals surface area contributed by atoms with E-state index in [9.17, 15) is 9.59 Å². The average Bonchev–Trinajstić information content (AvgIpc) is 2.45. The van der Waals surface area contributed by atoms with Gasteiger partial charge in [-0.25, -0.2) is 0 Å². The Bertz CT molecular complexity index is 435. The predicted molar refractivity (Wildman–Crippen MR) is 77.7 cm³/mol. The first kappa shape index (κ1) is 16.5. The second-order valence-corrected chi connectivity index (χ2v) is 4.76. The molecule has 0 fully saturated rings. The topological polar surface area (TPSA) is 78.4 Å². The smallest absolute Gasteiger partial charge is 0.251 e. The fourth-order valence-electron chi connectivity index (χ4n) is 1.57. The van der Waals surface area contributed by atoms with Crippen molar-refractivity contribution in [2.75, 3.05) is 19.7 Å². The highest BCUT2D eigenvalue weighted by molar-refractivity contribution is 6.30. The molecule has 2 amide bonds. The summed E-state index contributed by atoms with van der Waals surface area (Å²) in [6.07, 6.45) is 2.43. The molecule has 0 aromatic heterocycles. The molecule has 0 aliphatic heterocycles. The Balaban J connectivity index is 2.20. The standard InChI is InChI=1S/C14H19ClN2O3/c15-12-6-4-11(5-7-12)14(20)17-10-13(19)16-8-2-1-3-9-18/h4-7,18H,1-3,8-10H2,(H,16,19)(H,17,20). The largest absolute Gasteiger partial charge is 0.396 e. The van der Waals surface area contributed by atoms with E-state index in [-0.39, 0.29) is 25.0 Å². The Morgan fingerprint density at radius 1 is 1.05 bits per heavy atom. The van der Waals surface area contributed by atoms with Gasteiger partial charge in [0.15, 0.2) is 0 Å². The Morgan fingerprint density at radius 3 is 2.40 bits per heavy atom. The lowest BCUT2D eigenvalue weighted by atomic mass is 10.2. The minimum atomic E-state index is -0.308. The van der Waals surface area contributed by atoms with E-state index >= 15 is 0 Å². The third-order valence-electron chi connectivity index (χ3n) is 2.67. The van der Waals surface area contributed by atoms with Crippen molar-refractivity contribution in [3.8, 4) is 0 Å². The number of hydrogen-bond acceptors (Lipinski definition) is 3. The molecule has 6 heteroatoms. The van der Waals surface area contributed by atoms with E-state index < -0.39 is 0 Å². The Hall–Kier alpha value is -1.59. The van der Waals surface area contributed by atoms with Gasteiger partial charge in [-0.05, 0) is 43.5 Å². The zero-order valence-electron chi connectivity index (χ0n) is 11.2. The van der Waals surface area contributed by atoms with Gasteiger partial charge in [0.25, 0.3) is 5.91 Å². The van der Waals surface area contributed by atoms with Crippen LogP contribution in [0.2, 0.25) is 5.02 Å². The first-order valence-electron chi connectivity index (χ1n) is 6.55. The maximum Gasteiger partial charge on any atom is 0.251 e. The van der Waals surface area contributed by atoms with Crippen LogP contribution in [-0.4, -0.2) is 36.6 Å². The van der Waals surface area contributed by atoms with Gasteiger partial charge in [-0.3, -0.25) is 9.59 Å². The van der Waals surface area contributed by atoms with Crippen LogP contribution >= 0.6 is 11.6 Å². The van der Waals surface area contributed by atoms with Gasteiger partial charge in [0, 0.05) is 23.7 Å².